The van der Waals surface area contributed by atoms with Crippen LogP contribution in [-0.2, 0) is 16.0 Å². The highest BCUT2D eigenvalue weighted by atomic mass is 19.1. The molecule has 1 atom stereocenters. The van der Waals surface area contributed by atoms with Gasteiger partial charge in [0, 0.05) is 25.6 Å². The third-order valence-electron chi connectivity index (χ3n) is 5.94. The van der Waals surface area contributed by atoms with Gasteiger partial charge in [0.15, 0.2) is 0 Å². The zero-order chi connectivity index (χ0) is 19.1. The molecule has 1 saturated heterocycles. The van der Waals surface area contributed by atoms with Crippen molar-refractivity contribution in [1.29, 1.82) is 0 Å². The summed E-state index contributed by atoms with van der Waals surface area (Å²) in [7, 11) is 0. The second kappa shape index (κ2) is 9.86. The maximum atomic E-state index is 12.9. The third-order valence-corrected chi connectivity index (χ3v) is 5.94. The van der Waals surface area contributed by atoms with Gasteiger partial charge < -0.3 is 10.2 Å². The van der Waals surface area contributed by atoms with Crippen LogP contribution in [0.25, 0.3) is 0 Å². The molecule has 27 heavy (non-hydrogen) atoms. The minimum absolute atomic E-state index is 0.0697. The summed E-state index contributed by atoms with van der Waals surface area (Å²) in [4.78, 5) is 26.9. The van der Waals surface area contributed by atoms with Crippen LogP contribution in [0.1, 0.15) is 63.4 Å². The van der Waals surface area contributed by atoms with Gasteiger partial charge in [-0.2, -0.15) is 0 Å². The van der Waals surface area contributed by atoms with Crippen LogP contribution in [0.4, 0.5) is 4.39 Å². The Morgan fingerprint density at radius 2 is 1.78 bits per heavy atom. The standard InChI is InChI=1S/C22H31FN2O2/c23-19-12-9-17(10-13-19)6-5-15-24-22(27)18-11-14-21(26)25(16-18)20-7-3-1-2-4-8-20/h9-10,12-13,18,20H,1-8,11,14-16H2,(H,24,27)/t18-/m0/s1. The predicted molar refractivity (Wildman–Crippen MR) is 104 cm³/mol. The molecule has 1 aliphatic carbocycles. The Balaban J connectivity index is 1.43. The molecule has 4 nitrogen and oxygen atoms in total. The van der Waals surface area contributed by atoms with Crippen molar-refractivity contribution in [1.82, 2.24) is 10.2 Å². The number of carbonyl (C=O) groups excluding carboxylic acids is 2. The lowest BCUT2D eigenvalue weighted by Crippen LogP contribution is -2.50. The Morgan fingerprint density at radius 1 is 1.07 bits per heavy atom. The predicted octanol–water partition coefficient (Wildman–Crippen LogP) is 3.84. The number of benzene rings is 1. The molecule has 0 aromatic heterocycles. The summed E-state index contributed by atoms with van der Waals surface area (Å²) in [6.45, 7) is 1.19. The minimum atomic E-state index is -0.225. The molecule has 3 rings (SSSR count). The highest BCUT2D eigenvalue weighted by Gasteiger charge is 2.34. The van der Waals surface area contributed by atoms with Gasteiger partial charge in [0.2, 0.25) is 11.8 Å². The summed E-state index contributed by atoms with van der Waals surface area (Å²) < 4.78 is 12.9. The molecule has 0 unspecified atom stereocenters. The molecular weight excluding hydrogens is 343 g/mol. The number of nitrogens with zero attached hydrogens (tertiary/aromatic N) is 1. The molecular formula is C22H31FN2O2. The number of likely N-dealkylation sites (tertiary alicyclic amines) is 1. The highest BCUT2D eigenvalue weighted by molar-refractivity contribution is 5.84. The van der Waals surface area contributed by atoms with Crippen molar-refractivity contribution in [3.63, 3.8) is 0 Å². The first kappa shape index (κ1) is 19.8. The number of nitrogens with one attached hydrogen (secondary N) is 1. The molecule has 2 aliphatic rings. The number of amides is 2. The fraction of sp³-hybridized carbons (Fsp3) is 0.636. The van der Waals surface area contributed by atoms with Crippen LogP contribution in [0.3, 0.4) is 0 Å². The van der Waals surface area contributed by atoms with E-state index in [9.17, 15) is 14.0 Å². The van der Waals surface area contributed by atoms with Crippen molar-refractivity contribution in [3.8, 4) is 0 Å². The van der Waals surface area contributed by atoms with Crippen LogP contribution in [-0.4, -0.2) is 35.8 Å². The lowest BCUT2D eigenvalue weighted by Gasteiger charge is -2.37. The number of aryl methyl sites for hydroxylation is 1. The number of halogens is 1. The molecule has 1 aromatic rings. The van der Waals surface area contributed by atoms with Crippen molar-refractivity contribution >= 4 is 11.8 Å². The summed E-state index contributed by atoms with van der Waals surface area (Å²) in [5.74, 6) is -0.0172. The fourth-order valence-corrected chi connectivity index (χ4v) is 4.31. The monoisotopic (exact) mass is 374 g/mol. The van der Waals surface area contributed by atoms with Crippen LogP contribution in [0.5, 0.6) is 0 Å². The van der Waals surface area contributed by atoms with E-state index in [0.717, 1.165) is 31.2 Å². The summed E-state index contributed by atoms with van der Waals surface area (Å²) >= 11 is 0. The van der Waals surface area contributed by atoms with Gasteiger partial charge in [0.05, 0.1) is 5.92 Å². The second-order valence-electron chi connectivity index (χ2n) is 7.95. The summed E-state index contributed by atoms with van der Waals surface area (Å²) in [5.41, 5.74) is 1.08. The van der Waals surface area contributed by atoms with Gasteiger partial charge in [-0.15, -0.1) is 0 Å². The number of hydrogen-bond donors (Lipinski definition) is 1. The number of hydrogen-bond acceptors (Lipinski definition) is 2. The number of piperidine rings is 1. The fourth-order valence-electron chi connectivity index (χ4n) is 4.31. The molecule has 1 N–H and O–H groups in total. The summed E-state index contributed by atoms with van der Waals surface area (Å²) in [6.07, 6.45) is 9.86. The smallest absolute Gasteiger partial charge is 0.224 e. The molecule has 1 heterocycles. The van der Waals surface area contributed by atoms with E-state index in [-0.39, 0.29) is 23.5 Å². The average molecular weight is 375 g/mol. The molecule has 2 amide bonds. The molecule has 0 radical (unpaired) electrons. The first-order chi connectivity index (χ1) is 13.1. The van der Waals surface area contributed by atoms with Gasteiger partial charge in [-0.05, 0) is 49.8 Å². The Morgan fingerprint density at radius 3 is 2.48 bits per heavy atom. The van der Waals surface area contributed by atoms with Crippen molar-refractivity contribution in [2.24, 2.45) is 5.92 Å². The first-order valence-corrected chi connectivity index (χ1v) is 10.4. The highest BCUT2D eigenvalue weighted by Crippen LogP contribution is 2.27. The quantitative estimate of drug-likeness (QED) is 0.608. The zero-order valence-electron chi connectivity index (χ0n) is 16.1. The van der Waals surface area contributed by atoms with Gasteiger partial charge >= 0.3 is 0 Å². The van der Waals surface area contributed by atoms with E-state index in [4.69, 9.17) is 0 Å². The molecule has 0 spiro atoms. The van der Waals surface area contributed by atoms with Crippen molar-refractivity contribution < 1.29 is 14.0 Å². The van der Waals surface area contributed by atoms with Crippen LogP contribution >= 0.6 is 0 Å². The molecule has 1 aromatic carbocycles. The van der Waals surface area contributed by atoms with Crippen LogP contribution in [0.2, 0.25) is 0 Å². The Bertz CT molecular complexity index is 624. The Hall–Kier alpha value is -1.91. The average Bonchev–Trinajstić information content (AvgIpc) is 2.96. The lowest BCUT2D eigenvalue weighted by molar-refractivity contribution is -0.141. The molecule has 1 saturated carbocycles. The lowest BCUT2D eigenvalue weighted by atomic mass is 9.93. The van der Waals surface area contributed by atoms with E-state index in [0.29, 0.717) is 32.0 Å². The van der Waals surface area contributed by atoms with Gasteiger partial charge in [-0.1, -0.05) is 37.8 Å². The van der Waals surface area contributed by atoms with Crippen molar-refractivity contribution in [2.45, 2.75) is 70.3 Å². The molecule has 2 fully saturated rings. The molecule has 0 bridgehead atoms. The first-order valence-electron chi connectivity index (χ1n) is 10.4. The van der Waals surface area contributed by atoms with Gasteiger partial charge in [0.25, 0.3) is 0 Å². The van der Waals surface area contributed by atoms with Crippen LogP contribution in [0, 0.1) is 11.7 Å². The van der Waals surface area contributed by atoms with Crippen molar-refractivity contribution in [3.05, 3.63) is 35.6 Å². The van der Waals surface area contributed by atoms with Crippen LogP contribution < -0.4 is 5.32 Å². The number of rotatable bonds is 6. The number of carbonyl (C=O) groups is 2. The minimum Gasteiger partial charge on any atom is -0.356 e. The second-order valence-corrected chi connectivity index (χ2v) is 7.95. The maximum absolute atomic E-state index is 12.9. The van der Waals surface area contributed by atoms with E-state index in [1.807, 2.05) is 4.90 Å². The van der Waals surface area contributed by atoms with Gasteiger partial charge in [-0.3, -0.25) is 9.59 Å². The molecule has 5 heteroatoms. The SMILES string of the molecule is O=C(NCCCc1ccc(F)cc1)[C@H]1CCC(=O)N(C2CCCCCC2)C1. The summed E-state index contributed by atoms with van der Waals surface area (Å²) in [5, 5.41) is 3.03. The van der Waals surface area contributed by atoms with Crippen LogP contribution in [0.15, 0.2) is 24.3 Å². The van der Waals surface area contributed by atoms with E-state index in [1.54, 1.807) is 12.1 Å². The van der Waals surface area contributed by atoms with E-state index < -0.39 is 0 Å². The topological polar surface area (TPSA) is 49.4 Å². The van der Waals surface area contributed by atoms with Gasteiger partial charge in [-0.25, -0.2) is 4.39 Å². The van der Waals surface area contributed by atoms with E-state index >= 15 is 0 Å². The Labute approximate surface area is 161 Å². The largest absolute Gasteiger partial charge is 0.356 e. The van der Waals surface area contributed by atoms with E-state index in [1.165, 1.54) is 37.8 Å². The molecule has 1 aliphatic heterocycles. The van der Waals surface area contributed by atoms with Gasteiger partial charge in [0.1, 0.15) is 5.82 Å². The molecule has 148 valence electrons. The Kier molecular flexibility index (Phi) is 7.25. The maximum Gasteiger partial charge on any atom is 0.224 e. The summed E-state index contributed by atoms with van der Waals surface area (Å²) in [6, 6.07) is 6.83. The normalized spacial score (nSPS) is 21.7. The third kappa shape index (κ3) is 5.78. The zero-order valence-corrected chi connectivity index (χ0v) is 16.1. The van der Waals surface area contributed by atoms with E-state index in [2.05, 4.69) is 5.32 Å². The van der Waals surface area contributed by atoms with Crippen molar-refractivity contribution in [2.75, 3.05) is 13.1 Å².